The van der Waals surface area contributed by atoms with Gasteiger partial charge in [0.05, 0.1) is 12.8 Å². The lowest BCUT2D eigenvalue weighted by atomic mass is 10.1. The lowest BCUT2D eigenvalue weighted by Crippen LogP contribution is -2.08. The highest BCUT2D eigenvalue weighted by molar-refractivity contribution is 6.05. The van der Waals surface area contributed by atoms with Crippen LogP contribution in [0, 0.1) is 20.8 Å². The molecule has 122 valence electrons. The SMILES string of the molecule is COC(=O)c1cnc2nc(C)ccc2c1Nc1ccc(C)cc1C. The number of rotatable bonds is 3. The van der Waals surface area contributed by atoms with Crippen LogP contribution < -0.4 is 5.32 Å². The van der Waals surface area contributed by atoms with E-state index in [2.05, 4.69) is 21.4 Å². The van der Waals surface area contributed by atoms with Gasteiger partial charge >= 0.3 is 5.97 Å². The molecule has 0 bridgehead atoms. The summed E-state index contributed by atoms with van der Waals surface area (Å²) in [4.78, 5) is 20.9. The molecular formula is C19H19N3O2. The van der Waals surface area contributed by atoms with Crippen molar-refractivity contribution in [3.8, 4) is 0 Å². The van der Waals surface area contributed by atoms with Crippen LogP contribution in [0.25, 0.3) is 11.0 Å². The molecule has 3 rings (SSSR count). The summed E-state index contributed by atoms with van der Waals surface area (Å²) in [5, 5.41) is 4.15. The first-order valence-electron chi connectivity index (χ1n) is 7.68. The molecule has 2 heterocycles. The number of carbonyl (C=O) groups is 1. The van der Waals surface area contributed by atoms with E-state index in [1.54, 1.807) is 0 Å². The molecular weight excluding hydrogens is 302 g/mol. The van der Waals surface area contributed by atoms with Crippen molar-refractivity contribution in [3.05, 3.63) is 58.9 Å². The summed E-state index contributed by atoms with van der Waals surface area (Å²) in [6.07, 6.45) is 1.51. The van der Waals surface area contributed by atoms with E-state index in [1.165, 1.54) is 18.9 Å². The van der Waals surface area contributed by atoms with Crippen LogP contribution >= 0.6 is 0 Å². The zero-order valence-electron chi connectivity index (χ0n) is 14.2. The molecule has 0 radical (unpaired) electrons. The molecule has 5 heteroatoms. The molecule has 24 heavy (non-hydrogen) atoms. The van der Waals surface area contributed by atoms with Gasteiger partial charge in [0.15, 0.2) is 5.65 Å². The fraction of sp³-hybridized carbons (Fsp3) is 0.211. The lowest BCUT2D eigenvalue weighted by molar-refractivity contribution is 0.0601. The Morgan fingerprint density at radius 2 is 1.92 bits per heavy atom. The van der Waals surface area contributed by atoms with Crippen molar-refractivity contribution in [2.75, 3.05) is 12.4 Å². The molecule has 5 nitrogen and oxygen atoms in total. The van der Waals surface area contributed by atoms with Gasteiger partial charge in [-0.15, -0.1) is 0 Å². The Bertz CT molecular complexity index is 935. The number of hydrogen-bond acceptors (Lipinski definition) is 5. The number of aryl methyl sites for hydroxylation is 3. The Morgan fingerprint density at radius 3 is 2.62 bits per heavy atom. The number of aromatic nitrogens is 2. The second-order valence-electron chi connectivity index (χ2n) is 5.81. The highest BCUT2D eigenvalue weighted by atomic mass is 16.5. The van der Waals surface area contributed by atoms with Crippen molar-refractivity contribution in [1.82, 2.24) is 9.97 Å². The summed E-state index contributed by atoms with van der Waals surface area (Å²) in [6.45, 7) is 5.98. The van der Waals surface area contributed by atoms with Gasteiger partial charge in [0, 0.05) is 23.0 Å². The smallest absolute Gasteiger partial charge is 0.341 e. The Labute approximate surface area is 140 Å². The number of nitrogens with zero attached hydrogens (tertiary/aromatic N) is 2. The Kier molecular flexibility index (Phi) is 4.16. The number of methoxy groups -OCH3 is 1. The molecule has 0 aliphatic heterocycles. The second kappa shape index (κ2) is 6.28. The van der Waals surface area contributed by atoms with E-state index in [0.717, 1.165) is 22.3 Å². The Balaban J connectivity index is 2.20. The van der Waals surface area contributed by atoms with E-state index in [4.69, 9.17) is 4.74 Å². The minimum atomic E-state index is -0.433. The van der Waals surface area contributed by atoms with Crippen LogP contribution in [0.3, 0.4) is 0 Å². The molecule has 1 N–H and O–H groups in total. The number of benzene rings is 1. The van der Waals surface area contributed by atoms with E-state index in [-0.39, 0.29) is 0 Å². The molecule has 0 fully saturated rings. The normalized spacial score (nSPS) is 10.7. The van der Waals surface area contributed by atoms with Crippen LogP contribution in [0.2, 0.25) is 0 Å². The summed E-state index contributed by atoms with van der Waals surface area (Å²) in [5.74, 6) is -0.433. The first-order chi connectivity index (χ1) is 11.5. The molecule has 0 saturated heterocycles. The molecule has 0 spiro atoms. The molecule has 0 aliphatic carbocycles. The van der Waals surface area contributed by atoms with E-state index in [1.807, 2.05) is 45.0 Å². The number of pyridine rings is 2. The minimum absolute atomic E-state index is 0.385. The average molecular weight is 321 g/mol. The standard InChI is InChI=1S/C19H19N3O2/c1-11-5-8-16(12(2)9-11)22-17-14-7-6-13(3)21-18(14)20-10-15(17)19(23)24-4/h5-10H,1-4H3,(H,20,21,22). The van der Waals surface area contributed by atoms with Gasteiger partial charge in [-0.05, 0) is 44.5 Å². The van der Waals surface area contributed by atoms with Crippen LogP contribution in [0.4, 0.5) is 11.4 Å². The van der Waals surface area contributed by atoms with Crippen LogP contribution in [-0.2, 0) is 4.74 Å². The third-order valence-corrected chi connectivity index (χ3v) is 3.92. The number of fused-ring (bicyclic) bond motifs is 1. The minimum Gasteiger partial charge on any atom is -0.465 e. The molecule has 1 aromatic carbocycles. The first kappa shape index (κ1) is 15.9. The van der Waals surface area contributed by atoms with Gasteiger partial charge < -0.3 is 10.1 Å². The lowest BCUT2D eigenvalue weighted by Gasteiger charge is -2.15. The van der Waals surface area contributed by atoms with E-state index in [0.29, 0.717) is 16.9 Å². The number of hydrogen-bond donors (Lipinski definition) is 1. The van der Waals surface area contributed by atoms with Gasteiger partial charge in [0.25, 0.3) is 0 Å². The third kappa shape index (κ3) is 2.93. The van der Waals surface area contributed by atoms with Crippen LogP contribution in [0.15, 0.2) is 36.5 Å². The van der Waals surface area contributed by atoms with E-state index >= 15 is 0 Å². The zero-order chi connectivity index (χ0) is 17.3. The van der Waals surface area contributed by atoms with Gasteiger partial charge in [0.2, 0.25) is 0 Å². The third-order valence-electron chi connectivity index (χ3n) is 3.92. The summed E-state index contributed by atoms with van der Waals surface area (Å²) in [6, 6.07) is 9.94. The molecule has 0 aliphatic rings. The summed E-state index contributed by atoms with van der Waals surface area (Å²) in [7, 11) is 1.36. The summed E-state index contributed by atoms with van der Waals surface area (Å²) in [5.41, 5.74) is 5.72. The van der Waals surface area contributed by atoms with Gasteiger partial charge in [-0.2, -0.15) is 0 Å². The van der Waals surface area contributed by atoms with Crippen LogP contribution in [0.5, 0.6) is 0 Å². The second-order valence-corrected chi connectivity index (χ2v) is 5.81. The van der Waals surface area contributed by atoms with Gasteiger partial charge in [-0.25, -0.2) is 14.8 Å². The van der Waals surface area contributed by atoms with Crippen LogP contribution in [0.1, 0.15) is 27.2 Å². The van der Waals surface area contributed by atoms with Crippen molar-refractivity contribution >= 4 is 28.4 Å². The number of carbonyl (C=O) groups excluding carboxylic acids is 1. The van der Waals surface area contributed by atoms with Gasteiger partial charge in [-0.3, -0.25) is 0 Å². The van der Waals surface area contributed by atoms with E-state index in [9.17, 15) is 4.79 Å². The maximum atomic E-state index is 12.2. The maximum absolute atomic E-state index is 12.2. The highest BCUT2D eigenvalue weighted by Crippen LogP contribution is 2.30. The average Bonchev–Trinajstić information content (AvgIpc) is 2.56. The fourth-order valence-electron chi connectivity index (χ4n) is 2.66. The van der Waals surface area contributed by atoms with Gasteiger partial charge in [0.1, 0.15) is 5.56 Å². The summed E-state index contributed by atoms with van der Waals surface area (Å²) < 4.78 is 4.90. The largest absolute Gasteiger partial charge is 0.465 e. The van der Waals surface area contributed by atoms with Crippen molar-refractivity contribution in [3.63, 3.8) is 0 Å². The fourth-order valence-corrected chi connectivity index (χ4v) is 2.66. The molecule has 0 atom stereocenters. The number of esters is 1. The number of ether oxygens (including phenoxy) is 1. The first-order valence-corrected chi connectivity index (χ1v) is 7.68. The van der Waals surface area contributed by atoms with Crippen molar-refractivity contribution in [2.45, 2.75) is 20.8 Å². The van der Waals surface area contributed by atoms with Crippen LogP contribution in [-0.4, -0.2) is 23.0 Å². The van der Waals surface area contributed by atoms with Crippen molar-refractivity contribution < 1.29 is 9.53 Å². The molecule has 3 aromatic rings. The number of anilines is 2. The Hall–Kier alpha value is -2.95. The molecule has 2 aromatic heterocycles. The van der Waals surface area contributed by atoms with Gasteiger partial charge in [-0.1, -0.05) is 17.7 Å². The van der Waals surface area contributed by atoms with Crippen molar-refractivity contribution in [2.24, 2.45) is 0 Å². The maximum Gasteiger partial charge on any atom is 0.341 e. The predicted octanol–water partition coefficient (Wildman–Crippen LogP) is 4.09. The van der Waals surface area contributed by atoms with Crippen molar-refractivity contribution in [1.29, 1.82) is 0 Å². The molecule has 0 amide bonds. The molecule has 0 unspecified atom stereocenters. The zero-order valence-corrected chi connectivity index (χ0v) is 14.2. The highest BCUT2D eigenvalue weighted by Gasteiger charge is 2.17. The van der Waals surface area contributed by atoms with E-state index < -0.39 is 5.97 Å². The summed E-state index contributed by atoms with van der Waals surface area (Å²) >= 11 is 0. The number of nitrogens with one attached hydrogen (secondary N) is 1. The quantitative estimate of drug-likeness (QED) is 0.736. The predicted molar refractivity (Wildman–Crippen MR) is 94.8 cm³/mol. The Morgan fingerprint density at radius 1 is 1.12 bits per heavy atom. The topological polar surface area (TPSA) is 64.1 Å². The molecule has 0 saturated carbocycles. The monoisotopic (exact) mass is 321 g/mol.